The Morgan fingerprint density at radius 1 is 1.09 bits per heavy atom. The Hall–Kier alpha value is -2.90. The summed E-state index contributed by atoms with van der Waals surface area (Å²) in [4.78, 5) is 45.7. The van der Waals surface area contributed by atoms with Crippen LogP contribution in [0, 0.1) is 6.92 Å². The number of hydrogen-bond acceptors (Lipinski definition) is 5. The molecule has 0 aliphatic heterocycles. The minimum Gasteiger partial charge on any atom is -0.454 e. The highest BCUT2D eigenvalue weighted by Crippen LogP contribution is 2.06. The number of hydrogen-bond donors (Lipinski definition) is 3. The highest BCUT2D eigenvalue weighted by molar-refractivity contribution is 5.98. The van der Waals surface area contributed by atoms with Crippen molar-refractivity contribution in [3.05, 3.63) is 35.4 Å². The molecular weight excluding hydrogens is 302 g/mol. The third kappa shape index (κ3) is 6.60. The SMILES string of the molecule is CCNC(=O)NC(=O)COC(=O)CNC(=O)c1ccccc1C. The first-order valence-corrected chi connectivity index (χ1v) is 7.01. The quantitative estimate of drug-likeness (QED) is 0.644. The van der Waals surface area contributed by atoms with Crippen LogP contribution in [-0.2, 0) is 14.3 Å². The maximum absolute atomic E-state index is 11.9. The van der Waals surface area contributed by atoms with E-state index in [1.807, 2.05) is 5.32 Å². The number of ether oxygens (including phenoxy) is 1. The summed E-state index contributed by atoms with van der Waals surface area (Å²) < 4.78 is 4.65. The molecule has 0 radical (unpaired) electrons. The topological polar surface area (TPSA) is 114 Å². The lowest BCUT2D eigenvalue weighted by molar-refractivity contribution is -0.147. The van der Waals surface area contributed by atoms with Gasteiger partial charge in [0.2, 0.25) is 0 Å². The van der Waals surface area contributed by atoms with Crippen LogP contribution in [0.3, 0.4) is 0 Å². The average molecular weight is 321 g/mol. The number of rotatable bonds is 6. The van der Waals surface area contributed by atoms with Gasteiger partial charge in [0.05, 0.1) is 0 Å². The third-order valence-electron chi connectivity index (χ3n) is 2.74. The van der Waals surface area contributed by atoms with Crippen LogP contribution in [0.1, 0.15) is 22.8 Å². The van der Waals surface area contributed by atoms with Crippen LogP contribution in [0.4, 0.5) is 4.79 Å². The molecule has 4 amide bonds. The molecule has 0 bridgehead atoms. The van der Waals surface area contributed by atoms with Gasteiger partial charge < -0.3 is 15.4 Å². The van der Waals surface area contributed by atoms with Crippen molar-refractivity contribution in [1.29, 1.82) is 0 Å². The fourth-order valence-electron chi connectivity index (χ4n) is 1.64. The van der Waals surface area contributed by atoms with Crippen molar-refractivity contribution in [3.63, 3.8) is 0 Å². The maximum Gasteiger partial charge on any atom is 0.325 e. The van der Waals surface area contributed by atoms with Crippen LogP contribution < -0.4 is 16.0 Å². The second-order valence-corrected chi connectivity index (χ2v) is 4.57. The van der Waals surface area contributed by atoms with E-state index in [1.165, 1.54) is 0 Å². The van der Waals surface area contributed by atoms with Gasteiger partial charge in [-0.2, -0.15) is 0 Å². The van der Waals surface area contributed by atoms with E-state index in [4.69, 9.17) is 0 Å². The minimum absolute atomic E-state index is 0.365. The fraction of sp³-hybridized carbons (Fsp3) is 0.333. The molecule has 0 heterocycles. The largest absolute Gasteiger partial charge is 0.454 e. The lowest BCUT2D eigenvalue weighted by Gasteiger charge is -2.08. The molecule has 1 aromatic rings. The molecule has 8 heteroatoms. The first-order chi connectivity index (χ1) is 10.9. The standard InChI is InChI=1S/C15H19N3O5/c1-3-16-15(22)18-12(19)9-23-13(20)8-17-14(21)11-7-5-4-6-10(11)2/h4-7H,3,8-9H2,1-2H3,(H,17,21)(H2,16,18,19,22). The van der Waals surface area contributed by atoms with E-state index in [-0.39, 0.29) is 6.54 Å². The predicted octanol–water partition coefficient (Wildman–Crippen LogP) is 0.114. The van der Waals surface area contributed by atoms with Crippen molar-refractivity contribution < 1.29 is 23.9 Å². The fourth-order valence-corrected chi connectivity index (χ4v) is 1.64. The number of imide groups is 1. The Bertz CT molecular complexity index is 601. The Morgan fingerprint density at radius 2 is 1.78 bits per heavy atom. The van der Waals surface area contributed by atoms with Gasteiger partial charge in [-0.15, -0.1) is 0 Å². The molecule has 1 rings (SSSR count). The lowest BCUT2D eigenvalue weighted by atomic mass is 10.1. The summed E-state index contributed by atoms with van der Waals surface area (Å²) in [5.74, 6) is -1.95. The lowest BCUT2D eigenvalue weighted by Crippen LogP contribution is -2.41. The first-order valence-electron chi connectivity index (χ1n) is 7.01. The van der Waals surface area contributed by atoms with Crippen LogP contribution in [0.25, 0.3) is 0 Å². The minimum atomic E-state index is -0.780. The molecule has 1 aromatic carbocycles. The second-order valence-electron chi connectivity index (χ2n) is 4.57. The zero-order valence-electron chi connectivity index (χ0n) is 13.0. The molecule has 3 N–H and O–H groups in total. The van der Waals surface area contributed by atoms with E-state index in [0.717, 1.165) is 5.56 Å². The monoisotopic (exact) mass is 321 g/mol. The van der Waals surface area contributed by atoms with Gasteiger partial charge in [-0.05, 0) is 25.5 Å². The number of carbonyl (C=O) groups is 4. The van der Waals surface area contributed by atoms with E-state index < -0.39 is 30.4 Å². The zero-order valence-corrected chi connectivity index (χ0v) is 13.0. The summed E-state index contributed by atoms with van der Waals surface area (Å²) in [7, 11) is 0. The summed E-state index contributed by atoms with van der Waals surface area (Å²) in [6.45, 7) is 2.86. The molecule has 0 saturated carbocycles. The maximum atomic E-state index is 11.9. The number of esters is 1. The van der Waals surface area contributed by atoms with Crippen LogP contribution in [0.5, 0.6) is 0 Å². The van der Waals surface area contributed by atoms with Gasteiger partial charge in [0.15, 0.2) is 6.61 Å². The van der Waals surface area contributed by atoms with Gasteiger partial charge in [0.25, 0.3) is 11.8 Å². The van der Waals surface area contributed by atoms with Gasteiger partial charge in [0.1, 0.15) is 6.54 Å². The molecule has 0 aromatic heterocycles. The van der Waals surface area contributed by atoms with Crippen molar-refractivity contribution in [2.75, 3.05) is 19.7 Å². The first kappa shape index (κ1) is 18.1. The van der Waals surface area contributed by atoms with Crippen molar-refractivity contribution >= 4 is 23.8 Å². The van der Waals surface area contributed by atoms with E-state index in [2.05, 4.69) is 15.4 Å². The van der Waals surface area contributed by atoms with Crippen molar-refractivity contribution in [1.82, 2.24) is 16.0 Å². The molecule has 0 spiro atoms. The number of aryl methyl sites for hydroxylation is 1. The van der Waals surface area contributed by atoms with Gasteiger partial charge >= 0.3 is 12.0 Å². The van der Waals surface area contributed by atoms with Crippen molar-refractivity contribution in [3.8, 4) is 0 Å². The van der Waals surface area contributed by atoms with Crippen LogP contribution in [-0.4, -0.2) is 43.5 Å². The number of nitrogens with one attached hydrogen (secondary N) is 3. The van der Waals surface area contributed by atoms with Gasteiger partial charge in [-0.3, -0.25) is 19.7 Å². The van der Waals surface area contributed by atoms with Gasteiger partial charge in [0, 0.05) is 12.1 Å². The Balaban J connectivity index is 2.32. The van der Waals surface area contributed by atoms with Crippen LogP contribution in [0.15, 0.2) is 24.3 Å². The summed E-state index contributed by atoms with van der Waals surface area (Å²) in [6.07, 6.45) is 0. The molecule has 0 aliphatic rings. The number of benzene rings is 1. The highest BCUT2D eigenvalue weighted by atomic mass is 16.5. The van der Waals surface area contributed by atoms with Crippen LogP contribution in [0.2, 0.25) is 0 Å². The summed E-state index contributed by atoms with van der Waals surface area (Å²) in [5, 5.41) is 6.74. The van der Waals surface area contributed by atoms with Crippen LogP contribution >= 0.6 is 0 Å². The second kappa shape index (κ2) is 9.19. The summed E-state index contributed by atoms with van der Waals surface area (Å²) in [5.41, 5.74) is 1.23. The molecule has 0 unspecified atom stereocenters. The summed E-state index contributed by atoms with van der Waals surface area (Å²) >= 11 is 0. The smallest absolute Gasteiger partial charge is 0.325 e. The number of amides is 4. The third-order valence-corrected chi connectivity index (χ3v) is 2.74. The summed E-state index contributed by atoms with van der Waals surface area (Å²) in [6, 6.07) is 6.26. The number of carbonyl (C=O) groups excluding carboxylic acids is 4. The Kier molecular flexibility index (Phi) is 7.25. The molecule has 0 saturated heterocycles. The molecule has 0 aliphatic carbocycles. The Labute approximate surface area is 133 Å². The normalized spacial score (nSPS) is 9.65. The zero-order chi connectivity index (χ0) is 17.2. The molecule has 0 atom stereocenters. The van der Waals surface area contributed by atoms with Crippen molar-refractivity contribution in [2.45, 2.75) is 13.8 Å². The average Bonchev–Trinajstić information content (AvgIpc) is 2.51. The van der Waals surface area contributed by atoms with E-state index >= 15 is 0 Å². The predicted molar refractivity (Wildman–Crippen MR) is 81.7 cm³/mol. The van der Waals surface area contributed by atoms with E-state index in [9.17, 15) is 19.2 Å². The molecule has 124 valence electrons. The molecular formula is C15H19N3O5. The molecule has 0 fully saturated rings. The van der Waals surface area contributed by atoms with Gasteiger partial charge in [-0.25, -0.2) is 4.79 Å². The van der Waals surface area contributed by atoms with E-state index in [1.54, 1.807) is 38.1 Å². The van der Waals surface area contributed by atoms with Gasteiger partial charge in [-0.1, -0.05) is 18.2 Å². The number of urea groups is 1. The molecule has 23 heavy (non-hydrogen) atoms. The Morgan fingerprint density at radius 3 is 2.43 bits per heavy atom. The van der Waals surface area contributed by atoms with E-state index in [0.29, 0.717) is 12.1 Å². The van der Waals surface area contributed by atoms with Crippen molar-refractivity contribution in [2.24, 2.45) is 0 Å². The highest BCUT2D eigenvalue weighted by Gasteiger charge is 2.13. The molecule has 8 nitrogen and oxygen atoms in total.